The van der Waals surface area contributed by atoms with E-state index in [2.05, 4.69) is 15.5 Å². The van der Waals surface area contributed by atoms with Gasteiger partial charge in [0.05, 0.1) is 10.6 Å². The SMILES string of the molecule is CC(C)(F)c1nc(N2CCC(N3CC[C@H](Nc4ccc(S(C)(=O)=O)cc4F)C3=O)CC2)no1. The van der Waals surface area contributed by atoms with Crippen molar-refractivity contribution in [1.29, 1.82) is 0 Å². The van der Waals surface area contributed by atoms with Gasteiger partial charge in [0.1, 0.15) is 11.9 Å². The van der Waals surface area contributed by atoms with Crippen molar-refractivity contribution in [2.24, 2.45) is 0 Å². The molecule has 2 saturated heterocycles. The van der Waals surface area contributed by atoms with Crippen LogP contribution in [-0.2, 0) is 20.3 Å². The maximum atomic E-state index is 14.4. The fraction of sp³-hybridized carbons (Fsp3) is 0.571. The molecule has 9 nitrogen and oxygen atoms in total. The van der Waals surface area contributed by atoms with E-state index < -0.39 is 27.4 Å². The van der Waals surface area contributed by atoms with Gasteiger partial charge in [0.25, 0.3) is 11.8 Å². The lowest BCUT2D eigenvalue weighted by Gasteiger charge is -2.36. The quantitative estimate of drug-likeness (QED) is 0.668. The molecule has 3 heterocycles. The summed E-state index contributed by atoms with van der Waals surface area (Å²) in [5.41, 5.74) is -1.61. The van der Waals surface area contributed by atoms with Crippen molar-refractivity contribution in [3.63, 3.8) is 0 Å². The minimum atomic E-state index is -3.51. The van der Waals surface area contributed by atoms with Crippen LogP contribution in [0.4, 0.5) is 20.4 Å². The number of nitrogens with one attached hydrogen (secondary N) is 1. The van der Waals surface area contributed by atoms with Gasteiger partial charge in [0.15, 0.2) is 15.5 Å². The number of hydrogen-bond donors (Lipinski definition) is 1. The largest absolute Gasteiger partial charge is 0.371 e. The summed E-state index contributed by atoms with van der Waals surface area (Å²) in [6.45, 7) is 4.45. The van der Waals surface area contributed by atoms with Crippen LogP contribution in [0.5, 0.6) is 0 Å². The van der Waals surface area contributed by atoms with Gasteiger partial charge in [-0.15, -0.1) is 0 Å². The van der Waals surface area contributed by atoms with Crippen molar-refractivity contribution >= 4 is 27.4 Å². The zero-order valence-electron chi connectivity index (χ0n) is 18.7. The van der Waals surface area contributed by atoms with E-state index in [4.69, 9.17) is 4.52 Å². The van der Waals surface area contributed by atoms with Crippen LogP contribution >= 0.6 is 0 Å². The first-order valence-electron chi connectivity index (χ1n) is 10.8. The number of carbonyl (C=O) groups excluding carboxylic acids is 1. The van der Waals surface area contributed by atoms with Crippen molar-refractivity contribution < 1.29 is 26.5 Å². The number of rotatable bonds is 6. The Morgan fingerprint density at radius 3 is 2.45 bits per heavy atom. The van der Waals surface area contributed by atoms with Gasteiger partial charge in [0.2, 0.25) is 5.91 Å². The fourth-order valence-corrected chi connectivity index (χ4v) is 4.83. The topological polar surface area (TPSA) is 109 Å². The first-order chi connectivity index (χ1) is 15.4. The molecule has 0 saturated carbocycles. The molecule has 2 fully saturated rings. The molecule has 1 aromatic heterocycles. The van der Waals surface area contributed by atoms with Crippen LogP contribution < -0.4 is 10.2 Å². The molecule has 0 spiro atoms. The summed E-state index contributed by atoms with van der Waals surface area (Å²) >= 11 is 0. The van der Waals surface area contributed by atoms with Crippen molar-refractivity contribution in [3.05, 3.63) is 29.9 Å². The Kier molecular flexibility index (Phi) is 6.06. The average Bonchev–Trinajstić information content (AvgIpc) is 3.37. The van der Waals surface area contributed by atoms with E-state index in [1.54, 1.807) is 0 Å². The molecule has 4 rings (SSSR count). The first-order valence-corrected chi connectivity index (χ1v) is 12.7. The second-order valence-electron chi connectivity index (χ2n) is 9.02. The van der Waals surface area contributed by atoms with Gasteiger partial charge >= 0.3 is 0 Å². The van der Waals surface area contributed by atoms with Crippen LogP contribution in [0.3, 0.4) is 0 Å². The number of sulfone groups is 1. The zero-order chi connectivity index (χ0) is 24.0. The van der Waals surface area contributed by atoms with Gasteiger partial charge in [-0.2, -0.15) is 4.98 Å². The van der Waals surface area contributed by atoms with Crippen LogP contribution in [0.25, 0.3) is 0 Å². The zero-order valence-corrected chi connectivity index (χ0v) is 19.5. The first kappa shape index (κ1) is 23.4. The van der Waals surface area contributed by atoms with Crippen LogP contribution in [0.2, 0.25) is 0 Å². The Morgan fingerprint density at radius 2 is 1.88 bits per heavy atom. The molecular weight excluding hydrogens is 456 g/mol. The number of carbonyl (C=O) groups is 1. The van der Waals surface area contributed by atoms with E-state index in [1.165, 1.54) is 26.0 Å². The lowest BCUT2D eigenvalue weighted by atomic mass is 10.0. The molecule has 1 amide bonds. The third-order valence-corrected chi connectivity index (χ3v) is 7.16. The second kappa shape index (κ2) is 8.54. The lowest BCUT2D eigenvalue weighted by molar-refractivity contribution is -0.130. The number of alkyl halides is 1. The van der Waals surface area contributed by atoms with Crippen molar-refractivity contribution in [2.75, 3.05) is 36.1 Å². The van der Waals surface area contributed by atoms with Crippen LogP contribution in [-0.4, -0.2) is 67.3 Å². The predicted octanol–water partition coefficient (Wildman–Crippen LogP) is 2.50. The number of likely N-dealkylation sites (tertiary alicyclic amines) is 1. The second-order valence-corrected chi connectivity index (χ2v) is 11.0. The summed E-state index contributed by atoms with van der Waals surface area (Å²) in [6.07, 6.45) is 2.92. The number of nitrogens with zero attached hydrogens (tertiary/aromatic N) is 4. The van der Waals surface area contributed by atoms with Gasteiger partial charge in [-0.05, 0) is 56.5 Å². The molecule has 1 atom stereocenters. The monoisotopic (exact) mass is 483 g/mol. The molecule has 0 bridgehead atoms. The van der Waals surface area contributed by atoms with E-state index in [0.717, 1.165) is 12.3 Å². The van der Waals surface area contributed by atoms with Crippen molar-refractivity contribution in [3.8, 4) is 0 Å². The third kappa shape index (κ3) is 4.94. The van der Waals surface area contributed by atoms with Gasteiger partial charge in [-0.1, -0.05) is 0 Å². The van der Waals surface area contributed by atoms with Crippen LogP contribution in [0.1, 0.15) is 39.0 Å². The highest BCUT2D eigenvalue weighted by molar-refractivity contribution is 7.90. The van der Waals surface area contributed by atoms with E-state index >= 15 is 0 Å². The van der Waals surface area contributed by atoms with E-state index in [0.29, 0.717) is 44.8 Å². The maximum absolute atomic E-state index is 14.4. The minimum absolute atomic E-state index is 0.0296. The Balaban J connectivity index is 1.35. The third-order valence-electron chi connectivity index (χ3n) is 6.05. The summed E-state index contributed by atoms with van der Waals surface area (Å²) < 4.78 is 56.6. The van der Waals surface area contributed by atoms with Crippen LogP contribution in [0, 0.1) is 5.82 Å². The number of hydrogen-bond acceptors (Lipinski definition) is 8. The highest BCUT2D eigenvalue weighted by atomic mass is 32.2. The highest BCUT2D eigenvalue weighted by Crippen LogP contribution is 2.29. The Labute approximate surface area is 191 Å². The lowest BCUT2D eigenvalue weighted by Crippen LogP contribution is -2.47. The Bertz CT molecular complexity index is 1140. The molecule has 1 N–H and O–H groups in total. The highest BCUT2D eigenvalue weighted by Gasteiger charge is 2.38. The summed E-state index contributed by atoms with van der Waals surface area (Å²) in [4.78, 5) is 20.7. The molecule has 0 unspecified atom stereocenters. The smallest absolute Gasteiger partial charge is 0.266 e. The predicted molar refractivity (Wildman–Crippen MR) is 117 cm³/mol. The molecule has 0 radical (unpaired) electrons. The Hall–Kier alpha value is -2.76. The normalized spacial score (nSPS) is 20.5. The van der Waals surface area contributed by atoms with Crippen molar-refractivity contribution in [1.82, 2.24) is 15.0 Å². The molecule has 1 aromatic carbocycles. The minimum Gasteiger partial charge on any atom is -0.371 e. The summed E-state index contributed by atoms with van der Waals surface area (Å²) in [5.74, 6) is -0.552. The summed E-state index contributed by atoms with van der Waals surface area (Å²) in [7, 11) is -3.51. The number of benzene rings is 1. The number of halogens is 2. The number of anilines is 2. The maximum Gasteiger partial charge on any atom is 0.266 e. The van der Waals surface area contributed by atoms with Crippen molar-refractivity contribution in [2.45, 2.75) is 55.8 Å². The molecule has 2 aromatic rings. The number of piperidine rings is 1. The Morgan fingerprint density at radius 1 is 1.18 bits per heavy atom. The van der Waals surface area contributed by atoms with Crippen LogP contribution in [0.15, 0.2) is 27.6 Å². The van der Waals surface area contributed by atoms with E-state index in [9.17, 15) is 22.0 Å². The number of amides is 1. The van der Waals surface area contributed by atoms with Gasteiger partial charge < -0.3 is 19.6 Å². The number of aromatic nitrogens is 2. The molecule has 12 heteroatoms. The molecule has 180 valence electrons. The van der Waals surface area contributed by atoms with Gasteiger partial charge in [-0.25, -0.2) is 17.2 Å². The molecule has 0 aliphatic carbocycles. The molecular formula is C21H27F2N5O4S. The molecule has 2 aliphatic heterocycles. The van der Waals surface area contributed by atoms with E-state index in [1.807, 2.05) is 9.80 Å². The average molecular weight is 484 g/mol. The summed E-state index contributed by atoms with van der Waals surface area (Å²) in [5, 5.41) is 6.79. The van der Waals surface area contributed by atoms with Gasteiger partial charge in [0, 0.05) is 31.9 Å². The fourth-order valence-electron chi connectivity index (χ4n) is 4.19. The van der Waals surface area contributed by atoms with E-state index in [-0.39, 0.29) is 28.4 Å². The standard InChI is InChI=1S/C21H27F2N5O4S/c1-21(2,23)19-25-20(26-32-19)27-9-6-13(7-10-27)28-11-8-17(18(28)29)24-16-5-4-14(12-15(16)22)33(3,30)31/h4-5,12-13,17,24H,6-11H2,1-3H3/t17-/m0/s1. The summed E-state index contributed by atoms with van der Waals surface area (Å²) in [6, 6.07) is 3.08. The molecule has 33 heavy (non-hydrogen) atoms. The van der Waals surface area contributed by atoms with Gasteiger partial charge in [-0.3, -0.25) is 4.79 Å². The molecule has 2 aliphatic rings.